The standard InChI is InChI=1S/C21H21N3O8/c1-21(2)19(23(25)26)17(11-3-5-13-15(7-11)31-9-29-13)22-18(20(21)24(27)28)12-4-6-14-16(8-12)32-10-30-14/h3-8,17-20,22H,9-10H2,1-2H3/t17-,18+,19+,20-. The van der Waals surface area contributed by atoms with E-state index in [1.807, 2.05) is 0 Å². The number of nitro groups is 2. The summed E-state index contributed by atoms with van der Waals surface area (Å²) >= 11 is 0. The first-order valence-corrected chi connectivity index (χ1v) is 10.1. The molecule has 2 aromatic rings. The minimum absolute atomic E-state index is 0.0737. The van der Waals surface area contributed by atoms with Gasteiger partial charge in [0.2, 0.25) is 25.7 Å². The Morgan fingerprint density at radius 2 is 1.19 bits per heavy atom. The Balaban J connectivity index is 1.62. The van der Waals surface area contributed by atoms with Crippen molar-refractivity contribution in [2.75, 3.05) is 13.6 Å². The Kier molecular flexibility index (Phi) is 4.59. The molecule has 0 saturated carbocycles. The molecule has 0 unspecified atom stereocenters. The van der Waals surface area contributed by atoms with Crippen LogP contribution >= 0.6 is 0 Å². The largest absolute Gasteiger partial charge is 0.454 e. The molecule has 0 spiro atoms. The third kappa shape index (κ3) is 3.08. The maximum Gasteiger partial charge on any atom is 0.243 e. The molecule has 0 aliphatic carbocycles. The topological polar surface area (TPSA) is 135 Å². The van der Waals surface area contributed by atoms with E-state index in [0.717, 1.165) is 0 Å². The van der Waals surface area contributed by atoms with Crippen LogP contribution in [-0.2, 0) is 0 Å². The van der Waals surface area contributed by atoms with Crippen LogP contribution in [0.5, 0.6) is 23.0 Å². The van der Waals surface area contributed by atoms with E-state index in [1.165, 1.54) is 0 Å². The van der Waals surface area contributed by atoms with Crippen LogP contribution in [0.3, 0.4) is 0 Å². The average Bonchev–Trinajstić information content (AvgIpc) is 3.39. The highest BCUT2D eigenvalue weighted by Crippen LogP contribution is 2.49. The van der Waals surface area contributed by atoms with Crippen LogP contribution in [0, 0.1) is 25.6 Å². The molecule has 1 saturated heterocycles. The van der Waals surface area contributed by atoms with Crippen LogP contribution in [0.2, 0.25) is 0 Å². The zero-order chi connectivity index (χ0) is 22.6. The smallest absolute Gasteiger partial charge is 0.243 e. The summed E-state index contributed by atoms with van der Waals surface area (Å²) in [5, 5.41) is 27.6. The van der Waals surface area contributed by atoms with Gasteiger partial charge in [-0.15, -0.1) is 0 Å². The number of ether oxygens (including phenoxy) is 4. The molecular weight excluding hydrogens is 422 g/mol. The predicted octanol–water partition coefficient (Wildman–Crippen LogP) is 2.85. The monoisotopic (exact) mass is 443 g/mol. The third-order valence-corrected chi connectivity index (χ3v) is 6.48. The molecule has 3 heterocycles. The highest BCUT2D eigenvalue weighted by molar-refractivity contribution is 5.47. The Hall–Kier alpha value is -3.60. The fourth-order valence-corrected chi connectivity index (χ4v) is 4.97. The molecule has 5 rings (SSSR count). The molecule has 0 amide bonds. The predicted molar refractivity (Wildman–Crippen MR) is 109 cm³/mol. The Labute approximate surface area is 182 Å². The van der Waals surface area contributed by atoms with Crippen LogP contribution in [-0.4, -0.2) is 35.5 Å². The molecular formula is C21H21N3O8. The average molecular weight is 443 g/mol. The fraction of sp³-hybridized carbons (Fsp3) is 0.429. The lowest BCUT2D eigenvalue weighted by Crippen LogP contribution is -2.63. The highest BCUT2D eigenvalue weighted by Gasteiger charge is 2.63. The van der Waals surface area contributed by atoms with E-state index in [9.17, 15) is 20.2 Å². The van der Waals surface area contributed by atoms with Gasteiger partial charge in [0, 0.05) is 9.85 Å². The summed E-state index contributed by atoms with van der Waals surface area (Å²) in [6.45, 7) is 3.30. The van der Waals surface area contributed by atoms with E-state index in [1.54, 1.807) is 50.2 Å². The number of nitrogens with zero attached hydrogens (tertiary/aromatic N) is 2. The van der Waals surface area contributed by atoms with Gasteiger partial charge in [-0.2, -0.15) is 0 Å². The molecule has 32 heavy (non-hydrogen) atoms. The van der Waals surface area contributed by atoms with E-state index >= 15 is 0 Å². The molecule has 0 bridgehead atoms. The van der Waals surface area contributed by atoms with Gasteiger partial charge >= 0.3 is 0 Å². The molecule has 3 aliphatic rings. The van der Waals surface area contributed by atoms with Gasteiger partial charge in [-0.3, -0.25) is 25.5 Å². The van der Waals surface area contributed by atoms with E-state index < -0.39 is 39.4 Å². The van der Waals surface area contributed by atoms with Crippen molar-refractivity contribution in [2.45, 2.75) is 38.0 Å². The quantitative estimate of drug-likeness (QED) is 0.559. The Morgan fingerprint density at radius 3 is 1.59 bits per heavy atom. The lowest BCUT2D eigenvalue weighted by Gasteiger charge is -2.44. The molecule has 1 N–H and O–H groups in total. The van der Waals surface area contributed by atoms with Crippen LogP contribution in [0.15, 0.2) is 36.4 Å². The minimum Gasteiger partial charge on any atom is -0.454 e. The molecule has 1 fully saturated rings. The summed E-state index contributed by atoms with van der Waals surface area (Å²) in [5.41, 5.74) is -0.103. The Morgan fingerprint density at radius 1 is 0.781 bits per heavy atom. The van der Waals surface area contributed by atoms with Gasteiger partial charge in [0.25, 0.3) is 0 Å². The first-order valence-electron chi connectivity index (χ1n) is 10.1. The molecule has 0 radical (unpaired) electrons. The summed E-state index contributed by atoms with van der Waals surface area (Å²) in [6.07, 6.45) is 0. The van der Waals surface area contributed by atoms with Crippen molar-refractivity contribution in [1.29, 1.82) is 0 Å². The first kappa shape index (κ1) is 20.3. The molecule has 11 nitrogen and oxygen atoms in total. The molecule has 0 aromatic heterocycles. The summed E-state index contributed by atoms with van der Waals surface area (Å²) in [7, 11) is 0. The zero-order valence-corrected chi connectivity index (χ0v) is 17.3. The number of piperidine rings is 1. The van der Waals surface area contributed by atoms with Crippen LogP contribution < -0.4 is 24.3 Å². The number of hydrogen-bond donors (Lipinski definition) is 1. The maximum absolute atomic E-state index is 12.2. The minimum atomic E-state index is -1.29. The third-order valence-electron chi connectivity index (χ3n) is 6.48. The number of hydrogen-bond acceptors (Lipinski definition) is 9. The van der Waals surface area contributed by atoms with Gasteiger partial charge in [-0.25, -0.2) is 0 Å². The highest BCUT2D eigenvalue weighted by atomic mass is 16.7. The number of fused-ring (bicyclic) bond motifs is 2. The molecule has 2 aromatic carbocycles. The van der Waals surface area contributed by atoms with Crippen molar-refractivity contribution in [3.63, 3.8) is 0 Å². The van der Waals surface area contributed by atoms with Gasteiger partial charge in [0.1, 0.15) is 17.5 Å². The van der Waals surface area contributed by atoms with Crippen LogP contribution in [0.25, 0.3) is 0 Å². The second-order valence-corrected chi connectivity index (χ2v) is 8.63. The van der Waals surface area contributed by atoms with E-state index in [2.05, 4.69) is 5.32 Å². The van der Waals surface area contributed by atoms with Gasteiger partial charge in [0.05, 0.1) is 0 Å². The Bertz CT molecular complexity index is 1020. The summed E-state index contributed by atoms with van der Waals surface area (Å²) < 4.78 is 21.6. The SMILES string of the molecule is CC1(C)[C@@H]([N+](=O)[O-])[C@@H](c2ccc3c(c2)OCO3)N[C@@H](c2ccc3c(c2)OCO3)[C@H]1[N+](=O)[O-]. The molecule has 11 heteroatoms. The van der Waals surface area contributed by atoms with Crippen molar-refractivity contribution in [2.24, 2.45) is 5.41 Å². The van der Waals surface area contributed by atoms with Crippen molar-refractivity contribution in [3.8, 4) is 23.0 Å². The fourth-order valence-electron chi connectivity index (χ4n) is 4.97. The van der Waals surface area contributed by atoms with E-state index in [0.29, 0.717) is 34.1 Å². The molecule has 3 aliphatic heterocycles. The number of rotatable bonds is 4. The normalized spacial score (nSPS) is 27.2. The van der Waals surface area contributed by atoms with Gasteiger partial charge < -0.3 is 18.9 Å². The summed E-state index contributed by atoms with van der Waals surface area (Å²) in [5.74, 6) is 2.08. The van der Waals surface area contributed by atoms with Gasteiger partial charge in [0.15, 0.2) is 23.0 Å². The van der Waals surface area contributed by atoms with Crippen LogP contribution in [0.1, 0.15) is 37.1 Å². The van der Waals surface area contributed by atoms with E-state index in [-0.39, 0.29) is 13.6 Å². The summed E-state index contributed by atoms with van der Waals surface area (Å²) in [6, 6.07) is 6.08. The zero-order valence-electron chi connectivity index (χ0n) is 17.3. The van der Waals surface area contributed by atoms with Crippen molar-refractivity contribution < 1.29 is 28.8 Å². The van der Waals surface area contributed by atoms with Gasteiger partial charge in [-0.1, -0.05) is 12.1 Å². The summed E-state index contributed by atoms with van der Waals surface area (Å²) in [4.78, 5) is 23.5. The first-order chi connectivity index (χ1) is 15.3. The van der Waals surface area contributed by atoms with Crippen molar-refractivity contribution in [1.82, 2.24) is 5.32 Å². The lowest BCUT2D eigenvalue weighted by molar-refractivity contribution is -0.605. The molecule has 4 atom stereocenters. The lowest BCUT2D eigenvalue weighted by atomic mass is 9.66. The second-order valence-electron chi connectivity index (χ2n) is 8.63. The van der Waals surface area contributed by atoms with E-state index in [4.69, 9.17) is 18.9 Å². The number of benzene rings is 2. The maximum atomic E-state index is 12.2. The number of nitrogens with one attached hydrogen (secondary N) is 1. The van der Waals surface area contributed by atoms with Gasteiger partial charge in [-0.05, 0) is 49.2 Å². The van der Waals surface area contributed by atoms with Crippen LogP contribution in [0.4, 0.5) is 0 Å². The second kappa shape index (κ2) is 7.23. The van der Waals surface area contributed by atoms with Crippen molar-refractivity contribution in [3.05, 3.63) is 67.8 Å². The molecule has 168 valence electrons. The van der Waals surface area contributed by atoms with Crippen molar-refractivity contribution >= 4 is 0 Å².